The summed E-state index contributed by atoms with van der Waals surface area (Å²) in [6.07, 6.45) is 0. The van der Waals surface area contributed by atoms with Gasteiger partial charge in [-0.05, 0) is 46.3 Å². The Morgan fingerprint density at radius 3 is 2.19 bits per heavy atom. The Labute approximate surface area is 125 Å². The lowest BCUT2D eigenvalue weighted by Gasteiger charge is -2.10. The number of hydrogen-bond acceptors (Lipinski definition) is 2. The fourth-order valence-electron chi connectivity index (χ4n) is 1.45. The van der Waals surface area contributed by atoms with Crippen molar-refractivity contribution in [2.45, 2.75) is 4.90 Å². The lowest BCUT2D eigenvalue weighted by molar-refractivity contribution is 0.449. The number of hydrogen-bond donors (Lipinski definition) is 1. The molecule has 9 heteroatoms. The molecule has 0 fully saturated rings. The van der Waals surface area contributed by atoms with Crippen molar-refractivity contribution < 1.29 is 26.0 Å². The zero-order chi connectivity index (χ0) is 15.8. The van der Waals surface area contributed by atoms with Crippen LogP contribution in [-0.4, -0.2) is 8.42 Å². The highest BCUT2D eigenvalue weighted by atomic mass is 79.9. The quantitative estimate of drug-likeness (QED) is 0.647. The van der Waals surface area contributed by atoms with Crippen LogP contribution in [0, 0.1) is 23.3 Å². The summed E-state index contributed by atoms with van der Waals surface area (Å²) in [5.41, 5.74) is -0.780. The summed E-state index contributed by atoms with van der Waals surface area (Å²) in [4.78, 5) is -0.493. The topological polar surface area (TPSA) is 46.2 Å². The average Bonchev–Trinajstić information content (AvgIpc) is 2.42. The standard InChI is InChI=1S/C12H6BrF4NO2S/c13-7-2-1-6(5-9(7)15)21(19,20)18-10-4-3-8(14)11(16)12(10)17/h1-5,18H. The average molecular weight is 384 g/mol. The number of halogens is 5. The molecule has 21 heavy (non-hydrogen) atoms. The third-order valence-electron chi connectivity index (χ3n) is 2.48. The zero-order valence-corrected chi connectivity index (χ0v) is 12.4. The molecule has 0 radical (unpaired) electrons. The molecule has 112 valence electrons. The van der Waals surface area contributed by atoms with Crippen LogP contribution in [-0.2, 0) is 10.0 Å². The molecule has 0 spiro atoms. The molecule has 0 aromatic heterocycles. The molecule has 0 saturated carbocycles. The largest absolute Gasteiger partial charge is 0.277 e. The molecule has 2 aromatic carbocycles. The smallest absolute Gasteiger partial charge is 0.262 e. The van der Waals surface area contributed by atoms with Crippen LogP contribution in [0.2, 0.25) is 0 Å². The van der Waals surface area contributed by atoms with Gasteiger partial charge in [-0.25, -0.2) is 26.0 Å². The van der Waals surface area contributed by atoms with Crippen molar-refractivity contribution in [3.63, 3.8) is 0 Å². The third-order valence-corrected chi connectivity index (χ3v) is 4.49. The fraction of sp³-hybridized carbons (Fsp3) is 0. The van der Waals surface area contributed by atoms with E-state index in [0.717, 1.165) is 18.2 Å². The van der Waals surface area contributed by atoms with Crippen LogP contribution in [0.5, 0.6) is 0 Å². The van der Waals surface area contributed by atoms with E-state index in [9.17, 15) is 26.0 Å². The summed E-state index contributed by atoms with van der Waals surface area (Å²) < 4.78 is 78.2. The third kappa shape index (κ3) is 3.18. The van der Waals surface area contributed by atoms with Crippen molar-refractivity contribution in [3.8, 4) is 0 Å². The molecule has 0 amide bonds. The first-order valence-corrected chi connectivity index (χ1v) is 7.61. The summed E-state index contributed by atoms with van der Waals surface area (Å²) in [6, 6.07) is 4.20. The van der Waals surface area contributed by atoms with E-state index in [-0.39, 0.29) is 4.47 Å². The predicted molar refractivity (Wildman–Crippen MR) is 71.2 cm³/mol. The van der Waals surface area contributed by atoms with E-state index in [1.165, 1.54) is 0 Å². The van der Waals surface area contributed by atoms with E-state index in [1.54, 1.807) is 4.72 Å². The minimum atomic E-state index is -4.34. The van der Waals surface area contributed by atoms with E-state index in [0.29, 0.717) is 12.1 Å². The van der Waals surface area contributed by atoms with Crippen LogP contribution in [0.15, 0.2) is 39.7 Å². The SMILES string of the molecule is O=S(=O)(Nc1ccc(F)c(F)c1F)c1ccc(Br)c(F)c1. The second kappa shape index (κ2) is 5.64. The number of nitrogens with one attached hydrogen (secondary N) is 1. The van der Waals surface area contributed by atoms with Crippen LogP contribution in [0.3, 0.4) is 0 Å². The normalized spacial score (nSPS) is 11.5. The van der Waals surface area contributed by atoms with Gasteiger partial charge in [0.2, 0.25) is 0 Å². The van der Waals surface area contributed by atoms with Crippen LogP contribution in [0.1, 0.15) is 0 Å². The first-order chi connectivity index (χ1) is 9.72. The van der Waals surface area contributed by atoms with Crippen LogP contribution in [0.25, 0.3) is 0 Å². The van der Waals surface area contributed by atoms with Crippen LogP contribution in [0.4, 0.5) is 23.2 Å². The Bertz CT molecular complexity index is 811. The number of anilines is 1. The van der Waals surface area contributed by atoms with E-state index in [4.69, 9.17) is 0 Å². The van der Waals surface area contributed by atoms with Gasteiger partial charge in [-0.15, -0.1) is 0 Å². The van der Waals surface area contributed by atoms with E-state index in [1.807, 2.05) is 0 Å². The van der Waals surface area contributed by atoms with Crippen LogP contribution < -0.4 is 4.72 Å². The van der Waals surface area contributed by atoms with E-state index in [2.05, 4.69) is 15.9 Å². The summed E-state index contributed by atoms with van der Waals surface area (Å²) in [5.74, 6) is -5.79. The van der Waals surface area contributed by atoms with Gasteiger partial charge >= 0.3 is 0 Å². The molecule has 0 aliphatic rings. The zero-order valence-electron chi connectivity index (χ0n) is 10.0. The molecule has 0 saturated heterocycles. The highest BCUT2D eigenvalue weighted by Gasteiger charge is 2.20. The number of benzene rings is 2. The first kappa shape index (κ1) is 15.8. The maximum atomic E-state index is 13.4. The Morgan fingerprint density at radius 2 is 1.57 bits per heavy atom. The van der Waals surface area contributed by atoms with Gasteiger partial charge in [0, 0.05) is 0 Å². The number of rotatable bonds is 3. The lowest BCUT2D eigenvalue weighted by Crippen LogP contribution is -2.15. The van der Waals surface area contributed by atoms with Crippen molar-refractivity contribution in [2.75, 3.05) is 4.72 Å². The highest BCUT2D eigenvalue weighted by molar-refractivity contribution is 9.10. The van der Waals surface area contributed by atoms with Gasteiger partial charge in [0.15, 0.2) is 17.5 Å². The van der Waals surface area contributed by atoms with E-state index >= 15 is 0 Å². The van der Waals surface area contributed by atoms with E-state index < -0.39 is 43.9 Å². The Hall–Kier alpha value is -1.61. The van der Waals surface area contributed by atoms with Crippen LogP contribution >= 0.6 is 15.9 Å². The monoisotopic (exact) mass is 383 g/mol. The molecule has 0 bridgehead atoms. The first-order valence-electron chi connectivity index (χ1n) is 5.34. The Kier molecular flexibility index (Phi) is 4.24. The second-order valence-electron chi connectivity index (χ2n) is 3.90. The Balaban J connectivity index is 2.42. The maximum Gasteiger partial charge on any atom is 0.262 e. The second-order valence-corrected chi connectivity index (χ2v) is 6.44. The molecule has 1 N–H and O–H groups in total. The molecule has 0 atom stereocenters. The predicted octanol–water partition coefficient (Wildman–Crippen LogP) is 3.81. The molecular formula is C12H6BrF4NO2S. The molecule has 0 aliphatic carbocycles. The summed E-state index contributed by atoms with van der Waals surface area (Å²) in [6.45, 7) is 0. The molecular weight excluding hydrogens is 378 g/mol. The van der Waals surface area contributed by atoms with Gasteiger partial charge in [0.1, 0.15) is 5.82 Å². The van der Waals surface area contributed by atoms with Crippen molar-refractivity contribution >= 4 is 31.6 Å². The fourth-order valence-corrected chi connectivity index (χ4v) is 2.77. The lowest BCUT2D eigenvalue weighted by atomic mass is 10.3. The van der Waals surface area contributed by atoms with Crippen molar-refractivity contribution in [2.24, 2.45) is 0 Å². The van der Waals surface area contributed by atoms with Crippen molar-refractivity contribution in [1.29, 1.82) is 0 Å². The van der Waals surface area contributed by atoms with Gasteiger partial charge in [0.25, 0.3) is 10.0 Å². The summed E-state index contributed by atoms with van der Waals surface area (Å²) in [7, 11) is -4.34. The summed E-state index contributed by atoms with van der Waals surface area (Å²) in [5, 5.41) is 0. The molecule has 2 aromatic rings. The molecule has 2 rings (SSSR count). The van der Waals surface area contributed by atoms with Gasteiger partial charge < -0.3 is 0 Å². The molecule has 0 unspecified atom stereocenters. The summed E-state index contributed by atoms with van der Waals surface area (Å²) >= 11 is 2.85. The molecule has 0 heterocycles. The minimum absolute atomic E-state index is 0.0421. The van der Waals surface area contributed by atoms with Gasteiger partial charge in [-0.1, -0.05) is 0 Å². The highest BCUT2D eigenvalue weighted by Crippen LogP contribution is 2.24. The van der Waals surface area contributed by atoms with Crippen molar-refractivity contribution in [3.05, 3.63) is 58.1 Å². The molecule has 0 aliphatic heterocycles. The van der Waals surface area contributed by atoms with Gasteiger partial charge in [-0.2, -0.15) is 0 Å². The van der Waals surface area contributed by atoms with Gasteiger partial charge in [0.05, 0.1) is 15.1 Å². The van der Waals surface area contributed by atoms with Gasteiger partial charge in [-0.3, -0.25) is 4.72 Å². The number of sulfonamides is 1. The maximum absolute atomic E-state index is 13.4. The molecule has 3 nitrogen and oxygen atoms in total. The Morgan fingerprint density at radius 1 is 0.905 bits per heavy atom. The van der Waals surface area contributed by atoms with Crippen molar-refractivity contribution in [1.82, 2.24) is 0 Å². The minimum Gasteiger partial charge on any atom is -0.277 e.